The van der Waals surface area contributed by atoms with Crippen LogP contribution in [0, 0.1) is 0 Å². The number of methoxy groups -OCH3 is 1. The standard InChI is InChI=1S/C12H14O3S/c1-15-8-4-3-5-9(16-2)10(8)12(6-7-12)11(13)14/h3-5H,6-7H2,1-2H3,(H,13,14). The minimum Gasteiger partial charge on any atom is -0.496 e. The number of ether oxygens (including phenoxy) is 1. The van der Waals surface area contributed by atoms with E-state index in [-0.39, 0.29) is 0 Å². The topological polar surface area (TPSA) is 46.5 Å². The number of aliphatic carboxylic acids is 1. The molecule has 0 unspecified atom stereocenters. The molecule has 3 nitrogen and oxygen atoms in total. The van der Waals surface area contributed by atoms with Gasteiger partial charge >= 0.3 is 5.97 Å². The summed E-state index contributed by atoms with van der Waals surface area (Å²) >= 11 is 1.57. The Labute approximate surface area is 98.8 Å². The van der Waals surface area contributed by atoms with E-state index >= 15 is 0 Å². The molecule has 1 aliphatic rings. The molecule has 0 bridgehead atoms. The molecule has 16 heavy (non-hydrogen) atoms. The lowest BCUT2D eigenvalue weighted by atomic mass is 9.95. The van der Waals surface area contributed by atoms with Gasteiger partial charge in [0, 0.05) is 10.5 Å². The Morgan fingerprint density at radius 1 is 1.50 bits per heavy atom. The van der Waals surface area contributed by atoms with Gasteiger partial charge in [0.1, 0.15) is 5.75 Å². The zero-order valence-electron chi connectivity index (χ0n) is 9.32. The molecule has 0 heterocycles. The summed E-state index contributed by atoms with van der Waals surface area (Å²) in [5.41, 5.74) is 0.141. The molecular formula is C12H14O3S. The van der Waals surface area contributed by atoms with E-state index in [1.165, 1.54) is 0 Å². The van der Waals surface area contributed by atoms with Crippen molar-refractivity contribution in [3.63, 3.8) is 0 Å². The first kappa shape index (κ1) is 11.3. The summed E-state index contributed by atoms with van der Waals surface area (Å²) in [6.07, 6.45) is 3.36. The maximum atomic E-state index is 11.4. The lowest BCUT2D eigenvalue weighted by molar-refractivity contribution is -0.140. The summed E-state index contributed by atoms with van der Waals surface area (Å²) < 4.78 is 5.29. The largest absolute Gasteiger partial charge is 0.496 e. The van der Waals surface area contributed by atoms with E-state index < -0.39 is 11.4 Å². The predicted octanol–water partition coefficient (Wildman–Crippen LogP) is 2.53. The van der Waals surface area contributed by atoms with Crippen LogP contribution in [0.5, 0.6) is 5.75 Å². The van der Waals surface area contributed by atoms with Crippen LogP contribution in [-0.2, 0) is 10.2 Å². The first-order valence-corrected chi connectivity index (χ1v) is 6.33. The van der Waals surface area contributed by atoms with Gasteiger partial charge in [-0.05, 0) is 31.2 Å². The van der Waals surface area contributed by atoms with Crippen LogP contribution in [0.15, 0.2) is 23.1 Å². The zero-order chi connectivity index (χ0) is 11.8. The van der Waals surface area contributed by atoms with Crippen LogP contribution >= 0.6 is 11.8 Å². The van der Waals surface area contributed by atoms with E-state index in [1.807, 2.05) is 24.5 Å². The van der Waals surface area contributed by atoms with Crippen LogP contribution in [0.1, 0.15) is 18.4 Å². The van der Waals surface area contributed by atoms with Crippen molar-refractivity contribution in [3.05, 3.63) is 23.8 Å². The number of carbonyl (C=O) groups is 1. The van der Waals surface area contributed by atoms with Gasteiger partial charge in [0.15, 0.2) is 0 Å². The number of hydrogen-bond acceptors (Lipinski definition) is 3. The fourth-order valence-corrected chi connectivity index (χ4v) is 2.73. The highest BCUT2D eigenvalue weighted by Crippen LogP contribution is 2.54. The molecule has 0 amide bonds. The molecule has 1 N–H and O–H groups in total. The minimum atomic E-state index is -0.743. The molecule has 4 heteroatoms. The van der Waals surface area contributed by atoms with Gasteiger partial charge in [0.2, 0.25) is 0 Å². The van der Waals surface area contributed by atoms with Gasteiger partial charge in [0.25, 0.3) is 0 Å². The molecule has 0 radical (unpaired) electrons. The fourth-order valence-electron chi connectivity index (χ4n) is 2.02. The summed E-state index contributed by atoms with van der Waals surface area (Å²) in [5, 5.41) is 9.33. The molecule has 0 spiro atoms. The van der Waals surface area contributed by atoms with Gasteiger partial charge in [-0.15, -0.1) is 11.8 Å². The van der Waals surface area contributed by atoms with Gasteiger partial charge in [-0.3, -0.25) is 4.79 Å². The highest BCUT2D eigenvalue weighted by Gasteiger charge is 2.54. The third kappa shape index (κ3) is 1.57. The lowest BCUT2D eigenvalue weighted by Crippen LogP contribution is -2.21. The normalized spacial score (nSPS) is 16.9. The minimum absolute atomic E-state index is 0.687. The van der Waals surface area contributed by atoms with Crippen LogP contribution in [-0.4, -0.2) is 24.4 Å². The Hall–Kier alpha value is -1.16. The summed E-state index contributed by atoms with van der Waals surface area (Å²) in [6, 6.07) is 5.68. The van der Waals surface area contributed by atoms with Gasteiger partial charge in [-0.2, -0.15) is 0 Å². The molecule has 1 fully saturated rings. The summed E-state index contributed by atoms with van der Waals surface area (Å²) in [7, 11) is 1.58. The third-order valence-corrected chi connectivity index (χ3v) is 3.85. The van der Waals surface area contributed by atoms with Gasteiger partial charge < -0.3 is 9.84 Å². The molecule has 0 saturated heterocycles. The molecule has 1 aromatic rings. The Bertz CT molecular complexity index is 402. The Morgan fingerprint density at radius 3 is 2.62 bits per heavy atom. The van der Waals surface area contributed by atoms with E-state index in [1.54, 1.807) is 18.9 Å². The molecule has 86 valence electrons. The van der Waals surface area contributed by atoms with Crippen LogP contribution < -0.4 is 4.74 Å². The second kappa shape index (κ2) is 4.01. The fraction of sp³-hybridized carbons (Fsp3) is 0.417. The van der Waals surface area contributed by atoms with Crippen molar-refractivity contribution < 1.29 is 14.6 Å². The molecule has 0 aliphatic heterocycles. The second-order valence-electron chi connectivity index (χ2n) is 3.92. The summed E-state index contributed by atoms with van der Waals surface area (Å²) in [6.45, 7) is 0. The van der Waals surface area contributed by atoms with Crippen molar-refractivity contribution in [2.24, 2.45) is 0 Å². The van der Waals surface area contributed by atoms with E-state index in [0.717, 1.165) is 10.5 Å². The van der Waals surface area contributed by atoms with Crippen molar-refractivity contribution >= 4 is 17.7 Å². The van der Waals surface area contributed by atoms with Crippen molar-refractivity contribution in [3.8, 4) is 5.75 Å². The highest BCUT2D eigenvalue weighted by atomic mass is 32.2. The molecule has 0 aromatic heterocycles. The molecular weight excluding hydrogens is 224 g/mol. The Kier molecular flexibility index (Phi) is 2.84. The quantitative estimate of drug-likeness (QED) is 0.819. The second-order valence-corrected chi connectivity index (χ2v) is 4.77. The maximum absolute atomic E-state index is 11.4. The highest BCUT2D eigenvalue weighted by molar-refractivity contribution is 7.98. The van der Waals surface area contributed by atoms with Crippen LogP contribution in [0.4, 0.5) is 0 Å². The van der Waals surface area contributed by atoms with Crippen LogP contribution in [0.25, 0.3) is 0 Å². The summed E-state index contributed by atoms with van der Waals surface area (Å²) in [5.74, 6) is -0.0564. The predicted molar refractivity (Wildman–Crippen MR) is 63.3 cm³/mol. The van der Waals surface area contributed by atoms with E-state index in [9.17, 15) is 9.90 Å². The van der Waals surface area contributed by atoms with Gasteiger partial charge in [-0.1, -0.05) is 6.07 Å². The van der Waals surface area contributed by atoms with Crippen LogP contribution in [0.3, 0.4) is 0 Å². The van der Waals surface area contributed by atoms with E-state index in [2.05, 4.69) is 0 Å². The summed E-state index contributed by atoms with van der Waals surface area (Å²) in [4.78, 5) is 12.4. The third-order valence-electron chi connectivity index (χ3n) is 3.07. The smallest absolute Gasteiger partial charge is 0.314 e. The Balaban J connectivity index is 2.57. The lowest BCUT2D eigenvalue weighted by Gasteiger charge is -2.18. The SMILES string of the molecule is COc1cccc(SC)c1C1(C(=O)O)CC1. The molecule has 1 saturated carbocycles. The van der Waals surface area contributed by atoms with Crippen molar-refractivity contribution in [1.82, 2.24) is 0 Å². The zero-order valence-corrected chi connectivity index (χ0v) is 10.1. The van der Waals surface area contributed by atoms with Crippen molar-refractivity contribution in [2.75, 3.05) is 13.4 Å². The Morgan fingerprint density at radius 2 is 2.19 bits per heavy atom. The molecule has 1 aliphatic carbocycles. The monoisotopic (exact) mass is 238 g/mol. The molecule has 1 aromatic carbocycles. The van der Waals surface area contributed by atoms with Gasteiger partial charge in [-0.25, -0.2) is 0 Å². The van der Waals surface area contributed by atoms with E-state index in [0.29, 0.717) is 18.6 Å². The first-order valence-electron chi connectivity index (χ1n) is 5.10. The average molecular weight is 238 g/mol. The molecule has 0 atom stereocenters. The first-order chi connectivity index (χ1) is 7.65. The van der Waals surface area contributed by atoms with E-state index in [4.69, 9.17) is 4.74 Å². The number of hydrogen-bond donors (Lipinski definition) is 1. The van der Waals surface area contributed by atoms with Crippen LogP contribution in [0.2, 0.25) is 0 Å². The van der Waals surface area contributed by atoms with Crippen molar-refractivity contribution in [1.29, 1.82) is 0 Å². The number of benzene rings is 1. The number of thioether (sulfide) groups is 1. The number of rotatable bonds is 4. The molecule has 2 rings (SSSR count). The number of carboxylic acid groups (broad SMARTS) is 1. The van der Waals surface area contributed by atoms with Crippen molar-refractivity contribution in [2.45, 2.75) is 23.2 Å². The average Bonchev–Trinajstić information content (AvgIpc) is 3.09. The number of carboxylic acids is 1. The van der Waals surface area contributed by atoms with Gasteiger partial charge in [0.05, 0.1) is 12.5 Å². The maximum Gasteiger partial charge on any atom is 0.314 e.